The molecule has 0 amide bonds. The minimum Gasteiger partial charge on any atom is -0.330 e. The molecule has 1 heterocycles. The lowest BCUT2D eigenvalue weighted by Crippen LogP contribution is -2.13. The predicted octanol–water partition coefficient (Wildman–Crippen LogP) is 1.32. The van der Waals surface area contributed by atoms with Gasteiger partial charge >= 0.3 is 0 Å². The maximum absolute atomic E-state index is 5.52. The van der Waals surface area contributed by atoms with E-state index >= 15 is 0 Å². The molecule has 1 aromatic heterocycles. The standard InChI is InChI=1S/C8H14BrN3/c1-6(5-10)3-7-4-8(9)12(2)11-7/h4,6H,3,5,10H2,1-2H3. The highest BCUT2D eigenvalue weighted by molar-refractivity contribution is 9.10. The van der Waals surface area contributed by atoms with E-state index in [-0.39, 0.29) is 0 Å². The van der Waals surface area contributed by atoms with E-state index < -0.39 is 0 Å². The van der Waals surface area contributed by atoms with Gasteiger partial charge in [0.05, 0.1) is 5.69 Å². The molecule has 0 saturated heterocycles. The predicted molar refractivity (Wildman–Crippen MR) is 52.8 cm³/mol. The first-order chi connectivity index (χ1) is 5.63. The second-order valence-electron chi connectivity index (χ2n) is 3.13. The van der Waals surface area contributed by atoms with Crippen LogP contribution in [0.3, 0.4) is 0 Å². The van der Waals surface area contributed by atoms with Gasteiger partial charge in [-0.3, -0.25) is 4.68 Å². The molecule has 2 N–H and O–H groups in total. The number of rotatable bonds is 3. The fraction of sp³-hybridized carbons (Fsp3) is 0.625. The summed E-state index contributed by atoms with van der Waals surface area (Å²) in [6, 6.07) is 2.03. The van der Waals surface area contributed by atoms with E-state index in [0.717, 1.165) is 16.7 Å². The monoisotopic (exact) mass is 231 g/mol. The van der Waals surface area contributed by atoms with Gasteiger partial charge in [-0.15, -0.1) is 0 Å². The number of nitrogens with zero attached hydrogens (tertiary/aromatic N) is 2. The van der Waals surface area contributed by atoms with Crippen molar-refractivity contribution in [3.8, 4) is 0 Å². The Kier molecular flexibility index (Phi) is 3.29. The molecule has 3 nitrogen and oxygen atoms in total. The van der Waals surface area contributed by atoms with Crippen LogP contribution in [-0.4, -0.2) is 16.3 Å². The van der Waals surface area contributed by atoms with Crippen LogP contribution in [0.25, 0.3) is 0 Å². The zero-order valence-electron chi connectivity index (χ0n) is 7.42. The quantitative estimate of drug-likeness (QED) is 0.854. The minimum atomic E-state index is 0.506. The van der Waals surface area contributed by atoms with Crippen molar-refractivity contribution in [3.63, 3.8) is 0 Å². The summed E-state index contributed by atoms with van der Waals surface area (Å²) in [5.74, 6) is 0.506. The number of aromatic nitrogens is 2. The molecule has 0 aliphatic heterocycles. The molecule has 0 spiro atoms. The van der Waals surface area contributed by atoms with Crippen LogP contribution < -0.4 is 5.73 Å². The molecule has 1 atom stereocenters. The molecule has 0 saturated carbocycles. The van der Waals surface area contributed by atoms with E-state index in [1.54, 1.807) is 0 Å². The van der Waals surface area contributed by atoms with Gasteiger partial charge in [-0.2, -0.15) is 5.10 Å². The van der Waals surface area contributed by atoms with Gasteiger partial charge in [0.2, 0.25) is 0 Å². The van der Waals surface area contributed by atoms with Crippen molar-refractivity contribution in [2.75, 3.05) is 6.54 Å². The van der Waals surface area contributed by atoms with Gasteiger partial charge < -0.3 is 5.73 Å². The molecular formula is C8H14BrN3. The van der Waals surface area contributed by atoms with Crippen molar-refractivity contribution >= 4 is 15.9 Å². The molecule has 1 rings (SSSR count). The Morgan fingerprint density at radius 1 is 1.75 bits per heavy atom. The molecule has 0 aliphatic rings. The summed E-state index contributed by atoms with van der Waals surface area (Å²) in [7, 11) is 1.92. The van der Waals surface area contributed by atoms with Crippen LogP contribution in [0.1, 0.15) is 12.6 Å². The fourth-order valence-electron chi connectivity index (χ4n) is 1.04. The van der Waals surface area contributed by atoms with Gasteiger partial charge in [0.1, 0.15) is 4.60 Å². The van der Waals surface area contributed by atoms with Crippen molar-refractivity contribution in [1.82, 2.24) is 9.78 Å². The van der Waals surface area contributed by atoms with Crippen molar-refractivity contribution in [2.24, 2.45) is 18.7 Å². The van der Waals surface area contributed by atoms with E-state index in [1.807, 2.05) is 17.8 Å². The van der Waals surface area contributed by atoms with Crippen LogP contribution in [0.5, 0.6) is 0 Å². The van der Waals surface area contributed by atoms with E-state index in [4.69, 9.17) is 5.73 Å². The SMILES string of the molecule is CC(CN)Cc1cc(Br)n(C)n1. The van der Waals surface area contributed by atoms with Gasteiger partial charge in [0, 0.05) is 7.05 Å². The Morgan fingerprint density at radius 2 is 2.42 bits per heavy atom. The summed E-state index contributed by atoms with van der Waals surface area (Å²) in [4.78, 5) is 0. The van der Waals surface area contributed by atoms with E-state index in [9.17, 15) is 0 Å². The van der Waals surface area contributed by atoms with Crippen molar-refractivity contribution < 1.29 is 0 Å². The third-order valence-electron chi connectivity index (χ3n) is 1.83. The van der Waals surface area contributed by atoms with Gasteiger partial charge in [-0.1, -0.05) is 6.92 Å². The third kappa shape index (κ3) is 2.32. The molecule has 68 valence electrons. The second-order valence-corrected chi connectivity index (χ2v) is 3.94. The Balaban J connectivity index is 2.64. The smallest absolute Gasteiger partial charge is 0.104 e. The molecule has 0 fully saturated rings. The second kappa shape index (κ2) is 4.05. The average molecular weight is 232 g/mol. The number of halogens is 1. The van der Waals surface area contributed by atoms with Crippen LogP contribution in [0, 0.1) is 5.92 Å². The molecular weight excluding hydrogens is 218 g/mol. The summed E-state index contributed by atoms with van der Waals surface area (Å²) in [5, 5.41) is 4.31. The maximum atomic E-state index is 5.52. The largest absolute Gasteiger partial charge is 0.330 e. The Labute approximate surface area is 81.1 Å². The minimum absolute atomic E-state index is 0.506. The van der Waals surface area contributed by atoms with Gasteiger partial charge in [0.25, 0.3) is 0 Å². The van der Waals surface area contributed by atoms with E-state index in [1.165, 1.54) is 0 Å². The molecule has 4 heteroatoms. The molecule has 1 unspecified atom stereocenters. The Morgan fingerprint density at radius 3 is 2.83 bits per heavy atom. The van der Waals surface area contributed by atoms with Crippen molar-refractivity contribution in [1.29, 1.82) is 0 Å². The average Bonchev–Trinajstić information content (AvgIpc) is 2.31. The summed E-state index contributed by atoms with van der Waals surface area (Å²) < 4.78 is 2.83. The van der Waals surface area contributed by atoms with Crippen molar-refractivity contribution in [3.05, 3.63) is 16.4 Å². The first-order valence-corrected chi connectivity index (χ1v) is 4.81. The topological polar surface area (TPSA) is 43.8 Å². The third-order valence-corrected chi connectivity index (χ3v) is 2.58. The lowest BCUT2D eigenvalue weighted by molar-refractivity contribution is 0.576. The number of hydrogen-bond acceptors (Lipinski definition) is 2. The fourth-order valence-corrected chi connectivity index (χ4v) is 1.38. The van der Waals surface area contributed by atoms with Crippen LogP contribution in [0.2, 0.25) is 0 Å². The van der Waals surface area contributed by atoms with Crippen LogP contribution in [0.4, 0.5) is 0 Å². The van der Waals surface area contributed by atoms with E-state index in [0.29, 0.717) is 12.5 Å². The highest BCUT2D eigenvalue weighted by Gasteiger charge is 2.05. The molecule has 0 aliphatic carbocycles. The Hall–Kier alpha value is -0.350. The molecule has 0 aromatic carbocycles. The summed E-state index contributed by atoms with van der Waals surface area (Å²) >= 11 is 3.40. The molecule has 1 aromatic rings. The Bertz CT molecular complexity index is 237. The van der Waals surface area contributed by atoms with Crippen LogP contribution >= 0.6 is 15.9 Å². The van der Waals surface area contributed by atoms with Crippen LogP contribution in [0.15, 0.2) is 10.7 Å². The first-order valence-electron chi connectivity index (χ1n) is 4.02. The molecule has 0 radical (unpaired) electrons. The van der Waals surface area contributed by atoms with E-state index in [2.05, 4.69) is 28.0 Å². The molecule has 0 bridgehead atoms. The highest BCUT2D eigenvalue weighted by Crippen LogP contribution is 2.12. The zero-order chi connectivity index (χ0) is 9.14. The summed E-state index contributed by atoms with van der Waals surface area (Å²) in [6.07, 6.45) is 0.954. The molecule has 12 heavy (non-hydrogen) atoms. The first kappa shape index (κ1) is 9.74. The summed E-state index contributed by atoms with van der Waals surface area (Å²) in [5.41, 5.74) is 6.62. The lowest BCUT2D eigenvalue weighted by atomic mass is 10.1. The highest BCUT2D eigenvalue weighted by atomic mass is 79.9. The van der Waals surface area contributed by atoms with Gasteiger partial charge in [0.15, 0.2) is 0 Å². The maximum Gasteiger partial charge on any atom is 0.104 e. The number of hydrogen-bond donors (Lipinski definition) is 1. The van der Waals surface area contributed by atoms with Crippen molar-refractivity contribution in [2.45, 2.75) is 13.3 Å². The normalized spacial score (nSPS) is 13.3. The number of aryl methyl sites for hydroxylation is 1. The lowest BCUT2D eigenvalue weighted by Gasteiger charge is -2.03. The van der Waals surface area contributed by atoms with Crippen LogP contribution in [-0.2, 0) is 13.5 Å². The summed E-state index contributed by atoms with van der Waals surface area (Å²) in [6.45, 7) is 2.84. The van der Waals surface area contributed by atoms with Gasteiger partial charge in [-0.25, -0.2) is 0 Å². The number of nitrogens with two attached hydrogens (primary N) is 1. The zero-order valence-corrected chi connectivity index (χ0v) is 9.00. The van der Waals surface area contributed by atoms with Gasteiger partial charge in [-0.05, 0) is 40.9 Å².